The molecule has 1 aliphatic heterocycles. The Labute approximate surface area is 180 Å². The molecule has 8 heteroatoms. The van der Waals surface area contributed by atoms with E-state index in [2.05, 4.69) is 25.0 Å². The lowest BCUT2D eigenvalue weighted by molar-refractivity contribution is 0.0953. The van der Waals surface area contributed by atoms with Crippen molar-refractivity contribution in [3.8, 4) is 0 Å². The molecule has 0 saturated carbocycles. The van der Waals surface area contributed by atoms with Gasteiger partial charge in [-0.15, -0.1) is 10.2 Å². The van der Waals surface area contributed by atoms with Crippen LogP contribution in [0, 0.1) is 0 Å². The van der Waals surface area contributed by atoms with Crippen LogP contribution in [0.3, 0.4) is 0 Å². The van der Waals surface area contributed by atoms with E-state index in [4.69, 9.17) is 16.0 Å². The number of nitrogens with one attached hydrogen (secondary N) is 1. The first-order valence-electron chi connectivity index (χ1n) is 10.0. The van der Waals surface area contributed by atoms with E-state index in [-0.39, 0.29) is 5.91 Å². The van der Waals surface area contributed by atoms with E-state index in [1.165, 1.54) is 12.5 Å². The van der Waals surface area contributed by atoms with E-state index in [9.17, 15) is 4.79 Å². The highest BCUT2D eigenvalue weighted by Gasteiger charge is 2.19. The molecule has 0 fully saturated rings. The standard InChI is InChI=1S/C22H24ClN5O2/c23-19(14-17-4-2-1-3-5-17)15-27-10-7-21-26-25-20(28(21)12-11-27)6-9-24-22(29)18-8-13-30-16-18/h1-5,8,13-14,16H,6-7,9-12,15H2,(H,24,29). The SMILES string of the molecule is O=C(NCCc1nnc2n1CCN(CC(Cl)=Cc1ccccc1)CC2)c1ccoc1. The summed E-state index contributed by atoms with van der Waals surface area (Å²) in [6, 6.07) is 11.7. The van der Waals surface area contributed by atoms with Gasteiger partial charge >= 0.3 is 0 Å². The minimum Gasteiger partial charge on any atom is -0.472 e. The monoisotopic (exact) mass is 425 g/mol. The Hall–Kier alpha value is -2.90. The number of hydrogen-bond donors (Lipinski definition) is 1. The van der Waals surface area contributed by atoms with Gasteiger partial charge in [-0.2, -0.15) is 0 Å². The summed E-state index contributed by atoms with van der Waals surface area (Å²) in [4.78, 5) is 14.4. The predicted molar refractivity (Wildman–Crippen MR) is 115 cm³/mol. The predicted octanol–water partition coefficient (Wildman–Crippen LogP) is 2.98. The van der Waals surface area contributed by atoms with Gasteiger partial charge in [-0.1, -0.05) is 41.9 Å². The van der Waals surface area contributed by atoms with Crippen LogP contribution in [-0.2, 0) is 19.4 Å². The Morgan fingerprint density at radius 3 is 2.83 bits per heavy atom. The zero-order valence-electron chi connectivity index (χ0n) is 16.6. The van der Waals surface area contributed by atoms with Gasteiger partial charge in [-0.3, -0.25) is 9.69 Å². The molecule has 0 unspecified atom stereocenters. The fraction of sp³-hybridized carbons (Fsp3) is 0.318. The average molecular weight is 426 g/mol. The highest BCUT2D eigenvalue weighted by atomic mass is 35.5. The Kier molecular flexibility index (Phi) is 6.61. The molecule has 1 aliphatic rings. The molecule has 0 aliphatic carbocycles. The van der Waals surface area contributed by atoms with Crippen LogP contribution >= 0.6 is 11.6 Å². The van der Waals surface area contributed by atoms with Crippen LogP contribution in [0.25, 0.3) is 6.08 Å². The molecule has 0 radical (unpaired) electrons. The summed E-state index contributed by atoms with van der Waals surface area (Å²) in [7, 11) is 0. The zero-order valence-corrected chi connectivity index (χ0v) is 17.4. The van der Waals surface area contributed by atoms with Crippen molar-refractivity contribution in [1.82, 2.24) is 25.0 Å². The second kappa shape index (κ2) is 9.73. The van der Waals surface area contributed by atoms with Gasteiger partial charge in [0.2, 0.25) is 0 Å². The van der Waals surface area contributed by atoms with E-state index >= 15 is 0 Å². The molecule has 3 heterocycles. The van der Waals surface area contributed by atoms with Crippen molar-refractivity contribution in [3.63, 3.8) is 0 Å². The Morgan fingerprint density at radius 2 is 2.03 bits per heavy atom. The van der Waals surface area contributed by atoms with Crippen LogP contribution in [-0.4, -0.2) is 51.8 Å². The van der Waals surface area contributed by atoms with Crippen LogP contribution in [0.1, 0.15) is 27.6 Å². The first kappa shape index (κ1) is 20.4. The van der Waals surface area contributed by atoms with Gasteiger partial charge in [0.15, 0.2) is 0 Å². The summed E-state index contributed by atoms with van der Waals surface area (Å²) in [6.07, 6.45) is 6.39. The number of aromatic nitrogens is 3. The van der Waals surface area contributed by atoms with E-state index in [1.807, 2.05) is 36.4 Å². The molecular weight excluding hydrogens is 402 g/mol. The van der Waals surface area contributed by atoms with E-state index in [0.29, 0.717) is 25.1 Å². The minimum absolute atomic E-state index is 0.148. The number of hydrogen-bond acceptors (Lipinski definition) is 5. The molecular formula is C22H24ClN5O2. The van der Waals surface area contributed by atoms with Crippen LogP contribution in [0.5, 0.6) is 0 Å². The molecule has 0 saturated heterocycles. The third-order valence-corrected chi connectivity index (χ3v) is 5.34. The molecule has 1 N–H and O–H groups in total. The number of nitrogens with zero attached hydrogens (tertiary/aromatic N) is 4. The molecule has 30 heavy (non-hydrogen) atoms. The third kappa shape index (κ3) is 5.17. The third-order valence-electron chi connectivity index (χ3n) is 5.11. The lowest BCUT2D eigenvalue weighted by Gasteiger charge is -2.19. The molecule has 7 nitrogen and oxygen atoms in total. The summed E-state index contributed by atoms with van der Waals surface area (Å²) in [5.41, 5.74) is 1.63. The molecule has 0 bridgehead atoms. The second-order valence-corrected chi connectivity index (χ2v) is 7.72. The number of carbonyl (C=O) groups excluding carboxylic acids is 1. The normalized spacial score (nSPS) is 14.9. The number of benzene rings is 1. The van der Waals surface area contributed by atoms with Crippen LogP contribution in [0.4, 0.5) is 0 Å². The highest BCUT2D eigenvalue weighted by Crippen LogP contribution is 2.15. The number of furan rings is 1. The van der Waals surface area contributed by atoms with E-state index in [1.54, 1.807) is 6.07 Å². The van der Waals surface area contributed by atoms with Crippen LogP contribution in [0.2, 0.25) is 0 Å². The molecule has 3 aromatic rings. The minimum atomic E-state index is -0.148. The highest BCUT2D eigenvalue weighted by molar-refractivity contribution is 6.31. The summed E-state index contributed by atoms with van der Waals surface area (Å²) in [6.45, 7) is 3.78. The van der Waals surface area contributed by atoms with Crippen molar-refractivity contribution < 1.29 is 9.21 Å². The number of carbonyl (C=O) groups is 1. The van der Waals surface area contributed by atoms with Crippen molar-refractivity contribution in [2.24, 2.45) is 0 Å². The molecule has 0 atom stereocenters. The number of halogens is 1. The molecule has 156 valence electrons. The largest absolute Gasteiger partial charge is 0.472 e. The molecule has 2 aromatic heterocycles. The van der Waals surface area contributed by atoms with E-state index in [0.717, 1.165) is 48.3 Å². The smallest absolute Gasteiger partial charge is 0.254 e. The Balaban J connectivity index is 1.30. The number of rotatable bonds is 7. The van der Waals surface area contributed by atoms with Gasteiger partial charge in [-0.05, 0) is 17.7 Å². The van der Waals surface area contributed by atoms with Gasteiger partial charge in [0.25, 0.3) is 5.91 Å². The summed E-state index contributed by atoms with van der Waals surface area (Å²) in [5.74, 6) is 1.73. The Morgan fingerprint density at radius 1 is 1.17 bits per heavy atom. The Bertz CT molecular complexity index is 998. The maximum atomic E-state index is 12.0. The molecule has 1 aromatic carbocycles. The van der Waals surface area contributed by atoms with Crippen molar-refractivity contribution in [3.05, 3.63) is 76.7 Å². The topological polar surface area (TPSA) is 76.2 Å². The summed E-state index contributed by atoms with van der Waals surface area (Å²) in [5, 5.41) is 12.4. The first-order valence-corrected chi connectivity index (χ1v) is 10.4. The van der Waals surface area contributed by atoms with Gasteiger partial charge in [0, 0.05) is 50.6 Å². The number of fused-ring (bicyclic) bond motifs is 1. The van der Waals surface area contributed by atoms with Crippen molar-refractivity contribution >= 4 is 23.6 Å². The lowest BCUT2D eigenvalue weighted by atomic mass is 10.2. The summed E-state index contributed by atoms with van der Waals surface area (Å²) < 4.78 is 7.11. The van der Waals surface area contributed by atoms with Gasteiger partial charge < -0.3 is 14.3 Å². The maximum absolute atomic E-state index is 12.0. The van der Waals surface area contributed by atoms with Crippen molar-refractivity contribution in [2.45, 2.75) is 19.4 Å². The summed E-state index contributed by atoms with van der Waals surface area (Å²) >= 11 is 6.50. The second-order valence-electron chi connectivity index (χ2n) is 7.23. The average Bonchev–Trinajstić information content (AvgIpc) is 3.37. The molecule has 4 rings (SSSR count). The van der Waals surface area contributed by atoms with Gasteiger partial charge in [-0.25, -0.2) is 0 Å². The van der Waals surface area contributed by atoms with Crippen molar-refractivity contribution in [2.75, 3.05) is 26.2 Å². The van der Waals surface area contributed by atoms with Gasteiger partial charge in [0.1, 0.15) is 17.9 Å². The zero-order chi connectivity index (χ0) is 20.8. The van der Waals surface area contributed by atoms with Crippen LogP contribution in [0.15, 0.2) is 58.4 Å². The number of amides is 1. The lowest BCUT2D eigenvalue weighted by Crippen LogP contribution is -2.29. The first-order chi connectivity index (χ1) is 14.7. The quantitative estimate of drug-likeness (QED) is 0.629. The fourth-order valence-electron chi connectivity index (χ4n) is 3.54. The van der Waals surface area contributed by atoms with E-state index < -0.39 is 0 Å². The van der Waals surface area contributed by atoms with Crippen LogP contribution < -0.4 is 5.32 Å². The molecule has 1 amide bonds. The molecule has 0 spiro atoms. The van der Waals surface area contributed by atoms with Crippen molar-refractivity contribution in [1.29, 1.82) is 0 Å². The maximum Gasteiger partial charge on any atom is 0.254 e. The fourth-order valence-corrected chi connectivity index (χ4v) is 3.84. The van der Waals surface area contributed by atoms with Gasteiger partial charge in [0.05, 0.1) is 11.8 Å².